The molecule has 0 atom stereocenters. The molecule has 3 aromatic carbocycles. The second-order valence-electron chi connectivity index (χ2n) is 8.60. The Labute approximate surface area is 188 Å². The molecule has 5 rings (SSSR count). The molecule has 0 spiro atoms. The molecule has 1 amide bonds. The number of carbonyl (C=O) groups is 1. The van der Waals surface area contributed by atoms with Gasteiger partial charge in [-0.1, -0.05) is 66.2 Å². The molecule has 0 N–H and O–H groups in total. The molecule has 0 saturated carbocycles. The first-order chi connectivity index (χ1) is 15.7. The number of benzene rings is 3. The van der Waals surface area contributed by atoms with Gasteiger partial charge in [0, 0.05) is 51.0 Å². The average molecular weight is 425 g/mol. The molecule has 162 valence electrons. The van der Waals surface area contributed by atoms with Crippen LogP contribution < -0.4 is 0 Å². The Bertz CT molecular complexity index is 1230. The monoisotopic (exact) mass is 424 g/mol. The third kappa shape index (κ3) is 4.30. The van der Waals surface area contributed by atoms with Crippen LogP contribution in [0.5, 0.6) is 0 Å². The van der Waals surface area contributed by atoms with Crippen molar-refractivity contribution in [2.24, 2.45) is 0 Å². The number of hydrogen-bond acceptors (Lipinski definition) is 3. The van der Waals surface area contributed by atoms with Crippen LogP contribution in [0, 0.1) is 6.92 Å². The molecular weight excluding hydrogens is 396 g/mol. The van der Waals surface area contributed by atoms with Crippen molar-refractivity contribution >= 4 is 16.7 Å². The van der Waals surface area contributed by atoms with E-state index >= 15 is 0 Å². The summed E-state index contributed by atoms with van der Waals surface area (Å²) in [5.74, 6) is 0.130. The minimum Gasteiger partial charge on any atom is -0.336 e. The SMILES string of the molecule is Cc1cccc(Cn2cncc2CN2CCN(C(=O)c3cccc4ccccc34)CC2)c1. The Kier molecular flexibility index (Phi) is 5.73. The smallest absolute Gasteiger partial charge is 0.254 e. The number of aryl methyl sites for hydroxylation is 1. The highest BCUT2D eigenvalue weighted by Gasteiger charge is 2.23. The molecule has 0 aliphatic carbocycles. The van der Waals surface area contributed by atoms with Crippen LogP contribution in [-0.4, -0.2) is 51.4 Å². The number of piperazine rings is 1. The zero-order valence-electron chi connectivity index (χ0n) is 18.4. The van der Waals surface area contributed by atoms with E-state index in [9.17, 15) is 4.79 Å². The summed E-state index contributed by atoms with van der Waals surface area (Å²) in [5.41, 5.74) is 4.57. The van der Waals surface area contributed by atoms with Crippen molar-refractivity contribution in [3.63, 3.8) is 0 Å². The summed E-state index contributed by atoms with van der Waals surface area (Å²) in [6.07, 6.45) is 3.88. The maximum Gasteiger partial charge on any atom is 0.254 e. The summed E-state index contributed by atoms with van der Waals surface area (Å²) >= 11 is 0. The van der Waals surface area contributed by atoms with Gasteiger partial charge in [0.2, 0.25) is 0 Å². The molecule has 1 aliphatic rings. The molecule has 0 unspecified atom stereocenters. The molecule has 4 aromatic rings. The van der Waals surface area contributed by atoms with Gasteiger partial charge in [0.25, 0.3) is 5.91 Å². The van der Waals surface area contributed by atoms with E-state index in [1.807, 2.05) is 47.8 Å². The van der Waals surface area contributed by atoms with Crippen LogP contribution in [0.1, 0.15) is 27.2 Å². The van der Waals surface area contributed by atoms with Crippen LogP contribution in [0.3, 0.4) is 0 Å². The summed E-state index contributed by atoms with van der Waals surface area (Å²) in [5, 5.41) is 2.14. The number of nitrogens with zero attached hydrogens (tertiary/aromatic N) is 4. The molecule has 0 bridgehead atoms. The van der Waals surface area contributed by atoms with Crippen LogP contribution in [-0.2, 0) is 13.1 Å². The Hall–Kier alpha value is -3.44. The predicted molar refractivity (Wildman–Crippen MR) is 128 cm³/mol. The summed E-state index contributed by atoms with van der Waals surface area (Å²) < 4.78 is 2.22. The largest absolute Gasteiger partial charge is 0.336 e. The Balaban J connectivity index is 1.22. The van der Waals surface area contributed by atoms with E-state index in [-0.39, 0.29) is 5.91 Å². The number of imidazole rings is 1. The van der Waals surface area contributed by atoms with Crippen molar-refractivity contribution in [3.8, 4) is 0 Å². The van der Waals surface area contributed by atoms with E-state index in [0.29, 0.717) is 0 Å². The first-order valence-electron chi connectivity index (χ1n) is 11.2. The van der Waals surface area contributed by atoms with E-state index < -0.39 is 0 Å². The topological polar surface area (TPSA) is 41.4 Å². The number of rotatable bonds is 5. The van der Waals surface area contributed by atoms with Crippen LogP contribution in [0.2, 0.25) is 0 Å². The van der Waals surface area contributed by atoms with Gasteiger partial charge in [-0.25, -0.2) is 4.98 Å². The minimum atomic E-state index is 0.130. The molecular formula is C27H28N4O. The maximum absolute atomic E-state index is 13.2. The molecule has 5 heteroatoms. The van der Waals surface area contributed by atoms with E-state index in [1.165, 1.54) is 16.8 Å². The molecule has 1 fully saturated rings. The molecule has 1 aliphatic heterocycles. The van der Waals surface area contributed by atoms with Gasteiger partial charge in [-0.3, -0.25) is 9.69 Å². The first-order valence-corrected chi connectivity index (χ1v) is 11.2. The summed E-state index contributed by atoms with van der Waals surface area (Å²) in [7, 11) is 0. The summed E-state index contributed by atoms with van der Waals surface area (Å²) in [6.45, 7) is 7.02. The fraction of sp³-hybridized carbons (Fsp3) is 0.259. The lowest BCUT2D eigenvalue weighted by Gasteiger charge is -2.35. The van der Waals surface area contributed by atoms with Crippen LogP contribution in [0.25, 0.3) is 10.8 Å². The van der Waals surface area contributed by atoms with Crippen molar-refractivity contribution in [2.45, 2.75) is 20.0 Å². The fourth-order valence-electron chi connectivity index (χ4n) is 4.55. The zero-order valence-corrected chi connectivity index (χ0v) is 18.4. The van der Waals surface area contributed by atoms with Gasteiger partial charge in [0.15, 0.2) is 0 Å². The molecule has 2 heterocycles. The van der Waals surface area contributed by atoms with Gasteiger partial charge >= 0.3 is 0 Å². The van der Waals surface area contributed by atoms with Gasteiger partial charge in [-0.05, 0) is 29.3 Å². The number of fused-ring (bicyclic) bond motifs is 1. The molecule has 1 saturated heterocycles. The average Bonchev–Trinajstić information content (AvgIpc) is 3.25. The first kappa shape index (κ1) is 20.5. The third-order valence-corrected chi connectivity index (χ3v) is 6.30. The summed E-state index contributed by atoms with van der Waals surface area (Å²) in [4.78, 5) is 22.0. The van der Waals surface area contributed by atoms with Gasteiger partial charge in [-0.15, -0.1) is 0 Å². The van der Waals surface area contributed by atoms with E-state index in [1.54, 1.807) is 0 Å². The van der Waals surface area contributed by atoms with Gasteiger partial charge in [-0.2, -0.15) is 0 Å². The predicted octanol–water partition coefficient (Wildman–Crippen LogP) is 4.35. The Morgan fingerprint density at radius 1 is 0.906 bits per heavy atom. The van der Waals surface area contributed by atoms with E-state index in [2.05, 4.69) is 57.8 Å². The number of amides is 1. The van der Waals surface area contributed by atoms with Gasteiger partial charge < -0.3 is 9.47 Å². The Morgan fingerprint density at radius 3 is 2.53 bits per heavy atom. The highest BCUT2D eigenvalue weighted by Crippen LogP contribution is 2.21. The van der Waals surface area contributed by atoms with Crippen molar-refractivity contribution in [3.05, 3.63) is 102 Å². The highest BCUT2D eigenvalue weighted by atomic mass is 16.2. The van der Waals surface area contributed by atoms with Crippen molar-refractivity contribution in [1.82, 2.24) is 19.4 Å². The number of aromatic nitrogens is 2. The number of carbonyl (C=O) groups excluding carboxylic acids is 1. The van der Waals surface area contributed by atoms with Crippen LogP contribution in [0.4, 0.5) is 0 Å². The quantitative estimate of drug-likeness (QED) is 0.478. The lowest BCUT2D eigenvalue weighted by molar-refractivity contribution is 0.0627. The van der Waals surface area contributed by atoms with E-state index in [0.717, 1.165) is 55.6 Å². The molecule has 0 radical (unpaired) electrons. The second kappa shape index (κ2) is 8.97. The zero-order chi connectivity index (χ0) is 21.9. The summed E-state index contributed by atoms with van der Waals surface area (Å²) in [6, 6.07) is 22.7. The second-order valence-corrected chi connectivity index (χ2v) is 8.60. The van der Waals surface area contributed by atoms with E-state index in [4.69, 9.17) is 0 Å². The van der Waals surface area contributed by atoms with Crippen molar-refractivity contribution in [2.75, 3.05) is 26.2 Å². The van der Waals surface area contributed by atoms with Crippen LogP contribution >= 0.6 is 0 Å². The lowest BCUT2D eigenvalue weighted by Crippen LogP contribution is -2.48. The Morgan fingerprint density at radius 2 is 1.69 bits per heavy atom. The maximum atomic E-state index is 13.2. The fourth-order valence-corrected chi connectivity index (χ4v) is 4.55. The lowest BCUT2D eigenvalue weighted by atomic mass is 10.0. The normalized spacial score (nSPS) is 14.7. The van der Waals surface area contributed by atoms with Gasteiger partial charge in [0.1, 0.15) is 0 Å². The van der Waals surface area contributed by atoms with Gasteiger partial charge in [0.05, 0.1) is 12.0 Å². The number of hydrogen-bond donors (Lipinski definition) is 0. The molecule has 5 nitrogen and oxygen atoms in total. The third-order valence-electron chi connectivity index (χ3n) is 6.30. The standard InChI is InChI=1S/C27H28N4O/c1-21-6-4-7-22(16-21)18-31-20-28-17-24(31)19-29-12-14-30(15-13-29)27(32)26-11-5-9-23-8-2-3-10-25(23)26/h2-11,16-17,20H,12-15,18-19H2,1H3. The van der Waals surface area contributed by atoms with Crippen molar-refractivity contribution < 1.29 is 4.79 Å². The molecule has 32 heavy (non-hydrogen) atoms. The van der Waals surface area contributed by atoms with Crippen molar-refractivity contribution in [1.29, 1.82) is 0 Å². The molecule has 1 aromatic heterocycles. The minimum absolute atomic E-state index is 0.130. The van der Waals surface area contributed by atoms with Crippen LogP contribution in [0.15, 0.2) is 79.3 Å². The highest BCUT2D eigenvalue weighted by molar-refractivity contribution is 6.07.